The highest BCUT2D eigenvalue weighted by Gasteiger charge is 2.16. The first kappa shape index (κ1) is 14.7. The van der Waals surface area contributed by atoms with Gasteiger partial charge in [-0.1, -0.05) is 12.1 Å². The first-order chi connectivity index (χ1) is 10.5. The van der Waals surface area contributed by atoms with Crippen LogP contribution in [0.3, 0.4) is 0 Å². The van der Waals surface area contributed by atoms with Crippen molar-refractivity contribution in [1.82, 2.24) is 9.47 Å². The average Bonchev–Trinajstić information content (AvgIpc) is 2.90. The molecule has 1 aromatic heterocycles. The first-order valence-corrected chi connectivity index (χ1v) is 7.48. The summed E-state index contributed by atoms with van der Waals surface area (Å²) in [6, 6.07) is 8.18. The van der Waals surface area contributed by atoms with Crippen LogP contribution in [-0.4, -0.2) is 53.8 Å². The van der Waals surface area contributed by atoms with Crippen LogP contribution in [0.15, 0.2) is 36.7 Å². The average molecular weight is 299 g/mol. The second-order valence-corrected chi connectivity index (χ2v) is 5.89. The number of hydrogen-bond acceptors (Lipinski definition) is 3. The van der Waals surface area contributed by atoms with Crippen molar-refractivity contribution >= 4 is 11.7 Å². The summed E-state index contributed by atoms with van der Waals surface area (Å²) in [7, 11) is 3.98. The fraction of sp³-hybridized carbons (Fsp3) is 0.353. The Hall–Kier alpha value is -2.27. The lowest BCUT2D eigenvalue weighted by Gasteiger charge is -2.34. The normalized spacial score (nSPS) is 16.0. The minimum absolute atomic E-state index is 0.342. The van der Waals surface area contributed by atoms with Crippen molar-refractivity contribution in [2.24, 2.45) is 7.05 Å². The van der Waals surface area contributed by atoms with E-state index in [1.54, 1.807) is 10.8 Å². The molecule has 1 aliphatic heterocycles. The molecular formula is C17H21N3O2. The number of hydrogen-bond donors (Lipinski definition) is 1. The summed E-state index contributed by atoms with van der Waals surface area (Å²) in [5, 5.41) is 9.30. The van der Waals surface area contributed by atoms with Gasteiger partial charge in [0.25, 0.3) is 0 Å². The third-order valence-electron chi connectivity index (χ3n) is 4.23. The van der Waals surface area contributed by atoms with Gasteiger partial charge in [-0.15, -0.1) is 0 Å². The maximum Gasteiger partial charge on any atom is 0.337 e. The Bertz CT molecular complexity index is 668. The SMILES string of the molecule is CN1CCN(c2ccc(-c3cn(C)cc3C(=O)O)cc2)CC1. The number of rotatable bonds is 3. The summed E-state index contributed by atoms with van der Waals surface area (Å²) in [5.41, 5.74) is 3.25. The second kappa shape index (κ2) is 5.85. The molecule has 0 amide bonds. The van der Waals surface area contributed by atoms with Crippen molar-refractivity contribution in [3.8, 4) is 11.1 Å². The highest BCUT2D eigenvalue weighted by molar-refractivity contribution is 5.96. The van der Waals surface area contributed by atoms with E-state index in [1.165, 1.54) is 5.69 Å². The Morgan fingerprint density at radius 2 is 1.64 bits per heavy atom. The lowest BCUT2D eigenvalue weighted by Crippen LogP contribution is -2.44. The molecule has 5 heteroatoms. The lowest BCUT2D eigenvalue weighted by atomic mass is 10.0. The van der Waals surface area contributed by atoms with Gasteiger partial charge in [-0.05, 0) is 24.7 Å². The van der Waals surface area contributed by atoms with Crippen LogP contribution in [0.1, 0.15) is 10.4 Å². The van der Waals surface area contributed by atoms with E-state index >= 15 is 0 Å². The molecule has 1 aliphatic rings. The second-order valence-electron chi connectivity index (χ2n) is 5.89. The Morgan fingerprint density at radius 1 is 1.00 bits per heavy atom. The summed E-state index contributed by atoms with van der Waals surface area (Å²) in [5.74, 6) is -0.890. The maximum atomic E-state index is 11.3. The molecule has 116 valence electrons. The first-order valence-electron chi connectivity index (χ1n) is 7.48. The molecule has 1 fully saturated rings. The summed E-state index contributed by atoms with van der Waals surface area (Å²) in [6.07, 6.45) is 3.50. The van der Waals surface area contributed by atoms with E-state index in [1.807, 2.05) is 25.4 Å². The van der Waals surface area contributed by atoms with E-state index in [9.17, 15) is 9.90 Å². The number of carbonyl (C=O) groups is 1. The summed E-state index contributed by atoms with van der Waals surface area (Å²) < 4.78 is 1.78. The van der Waals surface area contributed by atoms with Crippen LogP contribution in [0.2, 0.25) is 0 Å². The molecule has 0 saturated carbocycles. The predicted molar refractivity (Wildman–Crippen MR) is 87.5 cm³/mol. The molecule has 1 aromatic carbocycles. The zero-order chi connectivity index (χ0) is 15.7. The van der Waals surface area contributed by atoms with Gasteiger partial charge in [0.05, 0.1) is 5.56 Å². The van der Waals surface area contributed by atoms with E-state index in [2.05, 4.69) is 29.0 Å². The molecule has 1 N–H and O–H groups in total. The Labute approximate surface area is 130 Å². The van der Waals surface area contributed by atoms with Crippen LogP contribution in [0, 0.1) is 0 Å². The van der Waals surface area contributed by atoms with Gasteiger partial charge >= 0.3 is 5.97 Å². The number of nitrogens with zero attached hydrogens (tertiary/aromatic N) is 3. The van der Waals surface area contributed by atoms with Crippen molar-refractivity contribution in [2.75, 3.05) is 38.1 Å². The van der Waals surface area contributed by atoms with Crippen molar-refractivity contribution in [2.45, 2.75) is 0 Å². The number of piperazine rings is 1. The molecule has 2 aromatic rings. The van der Waals surface area contributed by atoms with Crippen LogP contribution >= 0.6 is 0 Å². The lowest BCUT2D eigenvalue weighted by molar-refractivity contribution is 0.0697. The highest BCUT2D eigenvalue weighted by atomic mass is 16.4. The summed E-state index contributed by atoms with van der Waals surface area (Å²) >= 11 is 0. The smallest absolute Gasteiger partial charge is 0.337 e. The Kier molecular flexibility index (Phi) is 3.90. The predicted octanol–water partition coefficient (Wildman–Crippen LogP) is 2.14. The molecule has 2 heterocycles. The van der Waals surface area contributed by atoms with Gasteiger partial charge in [-0.25, -0.2) is 4.79 Å². The molecule has 0 spiro atoms. The fourth-order valence-corrected chi connectivity index (χ4v) is 2.90. The number of likely N-dealkylation sites (N-methyl/N-ethyl adjacent to an activating group) is 1. The molecule has 0 bridgehead atoms. The molecular weight excluding hydrogens is 278 g/mol. The monoisotopic (exact) mass is 299 g/mol. The van der Waals surface area contributed by atoms with Gasteiger partial charge in [0.2, 0.25) is 0 Å². The van der Waals surface area contributed by atoms with Crippen molar-refractivity contribution in [3.63, 3.8) is 0 Å². The molecule has 22 heavy (non-hydrogen) atoms. The third-order valence-corrected chi connectivity index (χ3v) is 4.23. The fourth-order valence-electron chi connectivity index (χ4n) is 2.90. The molecule has 1 saturated heterocycles. The minimum Gasteiger partial charge on any atom is -0.478 e. The van der Waals surface area contributed by atoms with Crippen molar-refractivity contribution in [3.05, 3.63) is 42.2 Å². The van der Waals surface area contributed by atoms with E-state index in [4.69, 9.17) is 0 Å². The third kappa shape index (κ3) is 2.85. The number of carboxylic acids is 1. The van der Waals surface area contributed by atoms with Crippen LogP contribution < -0.4 is 4.90 Å². The van der Waals surface area contributed by atoms with E-state index < -0.39 is 5.97 Å². The molecule has 0 unspecified atom stereocenters. The van der Waals surface area contributed by atoms with E-state index in [-0.39, 0.29) is 0 Å². The van der Waals surface area contributed by atoms with Gasteiger partial charge in [0.15, 0.2) is 0 Å². The molecule has 5 nitrogen and oxygen atoms in total. The number of benzene rings is 1. The van der Waals surface area contributed by atoms with Crippen LogP contribution in [0.25, 0.3) is 11.1 Å². The maximum absolute atomic E-state index is 11.3. The topological polar surface area (TPSA) is 48.7 Å². The number of carboxylic acid groups (broad SMARTS) is 1. The van der Waals surface area contributed by atoms with Gasteiger partial charge in [-0.3, -0.25) is 0 Å². The number of aromatic carboxylic acids is 1. The number of aromatic nitrogens is 1. The van der Waals surface area contributed by atoms with Crippen LogP contribution in [0.5, 0.6) is 0 Å². The molecule has 0 atom stereocenters. The summed E-state index contributed by atoms with van der Waals surface area (Å²) in [4.78, 5) is 16.0. The zero-order valence-electron chi connectivity index (χ0n) is 13.0. The number of anilines is 1. The molecule has 0 radical (unpaired) electrons. The zero-order valence-corrected chi connectivity index (χ0v) is 13.0. The molecule has 0 aliphatic carbocycles. The van der Waals surface area contributed by atoms with Gasteiger partial charge in [0.1, 0.15) is 0 Å². The molecule has 3 rings (SSSR count). The van der Waals surface area contributed by atoms with Gasteiger partial charge in [-0.2, -0.15) is 0 Å². The van der Waals surface area contributed by atoms with Crippen LogP contribution in [-0.2, 0) is 7.05 Å². The number of aryl methyl sites for hydroxylation is 1. The van der Waals surface area contributed by atoms with E-state index in [0.29, 0.717) is 5.56 Å². The van der Waals surface area contributed by atoms with Crippen molar-refractivity contribution < 1.29 is 9.90 Å². The Morgan fingerprint density at radius 3 is 2.23 bits per heavy atom. The largest absolute Gasteiger partial charge is 0.478 e. The van der Waals surface area contributed by atoms with E-state index in [0.717, 1.165) is 37.3 Å². The van der Waals surface area contributed by atoms with Gasteiger partial charge < -0.3 is 19.5 Å². The van der Waals surface area contributed by atoms with Crippen LogP contribution in [0.4, 0.5) is 5.69 Å². The summed E-state index contributed by atoms with van der Waals surface area (Å²) in [6.45, 7) is 4.20. The standard InChI is InChI=1S/C17H21N3O2/c1-18-7-9-20(10-8-18)14-5-3-13(4-6-14)15-11-19(2)12-16(15)17(21)22/h3-6,11-12H,7-10H2,1-2H3,(H,21,22). The van der Waals surface area contributed by atoms with Gasteiger partial charge in [0, 0.05) is 56.9 Å². The quantitative estimate of drug-likeness (QED) is 0.943. The van der Waals surface area contributed by atoms with Crippen molar-refractivity contribution in [1.29, 1.82) is 0 Å². The highest BCUT2D eigenvalue weighted by Crippen LogP contribution is 2.27. The Balaban J connectivity index is 1.84. The minimum atomic E-state index is -0.890.